The summed E-state index contributed by atoms with van der Waals surface area (Å²) in [6.45, 7) is -2.49. The Morgan fingerprint density at radius 1 is 0.960 bits per heavy atom. The van der Waals surface area contributed by atoms with Gasteiger partial charge in [-0.3, -0.25) is 14.1 Å². The molecule has 0 bridgehead atoms. The van der Waals surface area contributed by atoms with Gasteiger partial charge in [0.25, 0.3) is 5.79 Å². The number of amides is 2. The van der Waals surface area contributed by atoms with Gasteiger partial charge in [0.05, 0.1) is 44.6 Å². The molecule has 0 saturated carbocycles. The number of carboxylic acid groups (broad SMARTS) is 1. The third-order valence-corrected chi connectivity index (χ3v) is 8.20. The Labute approximate surface area is 283 Å². The maximum absolute atomic E-state index is 12.4. The summed E-state index contributed by atoms with van der Waals surface area (Å²) in [7, 11) is -5.27. The summed E-state index contributed by atoms with van der Waals surface area (Å²) in [6.07, 6.45) is -26.3. The molecule has 292 valence electrons. The molecule has 0 aromatic carbocycles. The van der Waals surface area contributed by atoms with Gasteiger partial charge in [-0.25, -0.2) is 8.98 Å². The maximum Gasteiger partial charge on any atom is 0.397 e. The van der Waals surface area contributed by atoms with E-state index in [0.717, 1.165) is 13.8 Å². The summed E-state index contributed by atoms with van der Waals surface area (Å²) in [4.78, 5) is 36.0. The number of carboxylic acids is 1. The molecule has 25 heteroatoms. The number of aliphatic hydroxyl groups is 10. The lowest BCUT2D eigenvalue weighted by Crippen LogP contribution is -2.68. The van der Waals surface area contributed by atoms with E-state index in [4.69, 9.17) is 23.5 Å². The van der Waals surface area contributed by atoms with Crippen molar-refractivity contribution in [2.75, 3.05) is 26.4 Å². The molecule has 2 fully saturated rings. The number of carbonyl (C=O) groups excluding carboxylic acids is 2. The van der Waals surface area contributed by atoms with Crippen molar-refractivity contribution >= 4 is 28.2 Å². The molecule has 0 aromatic rings. The quantitative estimate of drug-likeness (QED) is 0.0577. The van der Waals surface area contributed by atoms with Crippen molar-refractivity contribution < 1.29 is 107 Å². The zero-order valence-electron chi connectivity index (χ0n) is 26.5. The Bertz CT molecular complexity index is 1240. The molecule has 2 saturated heterocycles. The topological polar surface area (TPSA) is 398 Å². The second-order valence-corrected chi connectivity index (χ2v) is 12.6. The molecule has 2 heterocycles. The first-order valence-electron chi connectivity index (χ1n) is 14.8. The highest BCUT2D eigenvalue weighted by molar-refractivity contribution is 7.80. The Hall–Kier alpha value is -2.28. The van der Waals surface area contributed by atoms with Crippen LogP contribution in [0.25, 0.3) is 0 Å². The Balaban J connectivity index is 2.39. The van der Waals surface area contributed by atoms with Crippen LogP contribution in [0.4, 0.5) is 0 Å². The van der Waals surface area contributed by atoms with E-state index in [1.807, 2.05) is 0 Å². The van der Waals surface area contributed by atoms with E-state index < -0.39 is 152 Å². The van der Waals surface area contributed by atoms with Gasteiger partial charge in [0, 0.05) is 20.3 Å². The molecule has 2 amide bonds. The van der Waals surface area contributed by atoms with Gasteiger partial charge >= 0.3 is 16.4 Å². The van der Waals surface area contributed by atoms with Crippen LogP contribution < -0.4 is 10.6 Å². The summed E-state index contributed by atoms with van der Waals surface area (Å²) in [5, 5.41) is 118. The Kier molecular flexibility index (Phi) is 16.2. The van der Waals surface area contributed by atoms with Crippen molar-refractivity contribution in [2.24, 2.45) is 0 Å². The molecule has 0 aromatic heterocycles. The molecule has 0 unspecified atom stereocenters. The molecule has 24 nitrogen and oxygen atoms in total. The molecule has 0 radical (unpaired) electrons. The summed E-state index contributed by atoms with van der Waals surface area (Å²) in [5.74, 6) is -6.55. The summed E-state index contributed by atoms with van der Waals surface area (Å²) >= 11 is 0. The van der Waals surface area contributed by atoms with Gasteiger partial charge in [0.15, 0.2) is 6.29 Å². The Morgan fingerprint density at radius 3 is 2.06 bits per heavy atom. The van der Waals surface area contributed by atoms with Crippen LogP contribution in [0.1, 0.15) is 20.3 Å². The fraction of sp³-hybridized carbons (Fsp3) is 0.880. The minimum Gasteiger partial charge on any atom is -0.477 e. The van der Waals surface area contributed by atoms with E-state index in [-0.39, 0.29) is 0 Å². The maximum atomic E-state index is 12.4. The lowest BCUT2D eigenvalue weighted by atomic mass is 9.88. The number of ether oxygens (including phenoxy) is 4. The predicted molar refractivity (Wildman–Crippen MR) is 154 cm³/mol. The molecule has 14 N–H and O–H groups in total. The zero-order chi connectivity index (χ0) is 38.3. The van der Waals surface area contributed by atoms with Gasteiger partial charge in [-0.2, -0.15) is 8.42 Å². The van der Waals surface area contributed by atoms with Crippen molar-refractivity contribution in [3.63, 3.8) is 0 Å². The third-order valence-electron chi connectivity index (χ3n) is 7.73. The van der Waals surface area contributed by atoms with Crippen LogP contribution in [-0.4, -0.2) is 205 Å². The molecular formula is C25H44N2O22S. The molecule has 15 atom stereocenters. The third kappa shape index (κ3) is 11.1. The van der Waals surface area contributed by atoms with Crippen LogP contribution in [0.2, 0.25) is 0 Å². The van der Waals surface area contributed by atoms with Crippen molar-refractivity contribution in [3.8, 4) is 0 Å². The van der Waals surface area contributed by atoms with Crippen LogP contribution in [0.15, 0.2) is 0 Å². The van der Waals surface area contributed by atoms with Crippen molar-refractivity contribution in [1.29, 1.82) is 0 Å². The number of hydrogen-bond donors (Lipinski definition) is 14. The van der Waals surface area contributed by atoms with Gasteiger partial charge < -0.3 is 85.8 Å². The number of carbonyl (C=O) groups is 3. The molecule has 2 rings (SSSR count). The van der Waals surface area contributed by atoms with Crippen molar-refractivity contribution in [2.45, 2.75) is 112 Å². The van der Waals surface area contributed by atoms with Gasteiger partial charge in [-0.1, -0.05) is 0 Å². The number of hydrogen-bond acceptors (Lipinski definition) is 20. The number of aliphatic carboxylic acids is 1. The van der Waals surface area contributed by atoms with E-state index >= 15 is 0 Å². The highest BCUT2D eigenvalue weighted by Gasteiger charge is 2.56. The van der Waals surface area contributed by atoms with Crippen molar-refractivity contribution in [1.82, 2.24) is 10.6 Å². The minimum atomic E-state index is -5.27. The fourth-order valence-electron chi connectivity index (χ4n) is 5.30. The number of aliphatic hydroxyl groups excluding tert-OH is 10. The van der Waals surface area contributed by atoms with Crippen LogP contribution in [0.5, 0.6) is 0 Å². The summed E-state index contributed by atoms with van der Waals surface area (Å²) in [6, 6.07) is -3.23. The zero-order valence-corrected chi connectivity index (χ0v) is 27.3. The van der Waals surface area contributed by atoms with E-state index in [9.17, 15) is 79.0 Å². The average Bonchev–Trinajstić information content (AvgIpc) is 3.03. The lowest BCUT2D eigenvalue weighted by Gasteiger charge is -2.47. The monoisotopic (exact) mass is 756 g/mol. The van der Waals surface area contributed by atoms with Gasteiger partial charge in [0.1, 0.15) is 61.0 Å². The number of rotatable bonds is 18. The second-order valence-electron chi connectivity index (χ2n) is 11.5. The summed E-state index contributed by atoms with van der Waals surface area (Å²) in [5.41, 5.74) is 0. The average molecular weight is 757 g/mol. The smallest absolute Gasteiger partial charge is 0.397 e. The van der Waals surface area contributed by atoms with Gasteiger partial charge in [0.2, 0.25) is 11.8 Å². The highest BCUT2D eigenvalue weighted by atomic mass is 32.3. The summed E-state index contributed by atoms with van der Waals surface area (Å²) < 4.78 is 57.1. The molecule has 2 aliphatic heterocycles. The molecule has 0 aliphatic carbocycles. The van der Waals surface area contributed by atoms with E-state index in [1.54, 1.807) is 0 Å². The largest absolute Gasteiger partial charge is 0.477 e. The Morgan fingerprint density at radius 2 is 1.58 bits per heavy atom. The van der Waals surface area contributed by atoms with E-state index in [2.05, 4.69) is 14.8 Å². The normalized spacial score (nSPS) is 34.1. The lowest BCUT2D eigenvalue weighted by molar-refractivity contribution is -0.326. The standard InChI is InChI=1S/C25H44N2O22S/c1-8(31)26-10(4-28)20(47-23-19(39)18(38)21(14(6-30)46-23)49-50(42,43)44)17(37)13(35)7-45-25(24(40)41)3-11(33)15(27-9(2)32)22(48-25)16(36)12(34)5-29/h10-23,28-30,33-39H,3-7H2,1-2H3,(H,26,31)(H,27,32)(H,40,41)(H,42,43,44)/t10-,11-,12+,13+,14+,15+,16+,17-,18+,19+,20+,21-,22+,23-,25+/m0/s1. The molecule has 50 heavy (non-hydrogen) atoms. The molecule has 2 aliphatic rings. The minimum absolute atomic E-state index is 0.773. The van der Waals surface area contributed by atoms with Gasteiger partial charge in [-0.05, 0) is 0 Å². The van der Waals surface area contributed by atoms with Crippen LogP contribution in [-0.2, 0) is 47.9 Å². The molecular weight excluding hydrogens is 712 g/mol. The first-order chi connectivity index (χ1) is 23.1. The van der Waals surface area contributed by atoms with Gasteiger partial charge in [-0.15, -0.1) is 0 Å². The van der Waals surface area contributed by atoms with E-state index in [1.165, 1.54) is 0 Å². The van der Waals surface area contributed by atoms with E-state index in [0.29, 0.717) is 0 Å². The first-order valence-corrected chi connectivity index (χ1v) is 16.1. The van der Waals surface area contributed by atoms with Crippen LogP contribution in [0, 0.1) is 0 Å². The first kappa shape index (κ1) is 43.9. The SMILES string of the molecule is CC(=O)N[C@H]1[C@H]([C@H](O)[C@H](O)CO)O[C@@](OC[C@@H](O)[C@H](O)[C@H](O[C@@H]2O[C@H](CO)[C@H](OS(=O)(=O)O)[C@H](O)[C@H]2O)[C@H](CO)NC(C)=O)(C(=O)O)C[C@@H]1O. The highest BCUT2D eigenvalue weighted by Crippen LogP contribution is 2.34. The van der Waals surface area contributed by atoms with Crippen LogP contribution in [0.3, 0.4) is 0 Å². The molecule has 0 spiro atoms. The fourth-order valence-corrected chi connectivity index (χ4v) is 5.82. The second kappa shape index (κ2) is 18.5. The van der Waals surface area contributed by atoms with Crippen LogP contribution >= 0.6 is 0 Å². The van der Waals surface area contributed by atoms with Crippen molar-refractivity contribution in [3.05, 3.63) is 0 Å². The predicted octanol–water partition coefficient (Wildman–Crippen LogP) is -8.62. The number of nitrogens with one attached hydrogen (secondary N) is 2.